The van der Waals surface area contributed by atoms with Gasteiger partial charge in [-0.15, -0.1) is 0 Å². The van der Waals surface area contributed by atoms with Gasteiger partial charge in [0, 0.05) is 60.9 Å². The second-order valence-corrected chi connectivity index (χ2v) is 5.84. The molecule has 7 nitrogen and oxygen atoms in total. The van der Waals surface area contributed by atoms with Gasteiger partial charge in [0.2, 0.25) is 0 Å². The summed E-state index contributed by atoms with van der Waals surface area (Å²) >= 11 is 0. The summed E-state index contributed by atoms with van der Waals surface area (Å²) in [4.78, 5) is 16.7. The van der Waals surface area contributed by atoms with Gasteiger partial charge in [0.15, 0.2) is 0 Å². The van der Waals surface area contributed by atoms with Crippen molar-refractivity contribution in [3.8, 4) is 0 Å². The van der Waals surface area contributed by atoms with Gasteiger partial charge in [-0.2, -0.15) is 13.2 Å². The average molecular weight is 404 g/mol. The monoisotopic (exact) mass is 404 g/mol. The SMILES string of the molecule is CN/C=C(\C=N)c1cnc2cc(C(=O)N/C(=C/C(=N)C(F)(F)F)NC)ccc2c1. The molecule has 2 rings (SSSR count). The molecular weight excluding hydrogens is 385 g/mol. The van der Waals surface area contributed by atoms with E-state index >= 15 is 0 Å². The Morgan fingerprint density at radius 2 is 1.90 bits per heavy atom. The molecule has 0 atom stereocenters. The van der Waals surface area contributed by atoms with Crippen LogP contribution in [0.2, 0.25) is 0 Å². The lowest BCUT2D eigenvalue weighted by Gasteiger charge is -2.11. The first kappa shape index (κ1) is 21.6. The summed E-state index contributed by atoms with van der Waals surface area (Å²) in [5, 5.41) is 22.8. The minimum atomic E-state index is -4.81. The van der Waals surface area contributed by atoms with Crippen LogP contribution in [0.15, 0.2) is 48.6 Å². The van der Waals surface area contributed by atoms with Crippen LogP contribution in [0.5, 0.6) is 0 Å². The van der Waals surface area contributed by atoms with E-state index < -0.39 is 17.8 Å². The first-order valence-corrected chi connectivity index (χ1v) is 8.34. The van der Waals surface area contributed by atoms with Gasteiger partial charge in [0.25, 0.3) is 5.91 Å². The van der Waals surface area contributed by atoms with Crippen LogP contribution in [0.25, 0.3) is 16.5 Å². The van der Waals surface area contributed by atoms with E-state index in [-0.39, 0.29) is 11.4 Å². The summed E-state index contributed by atoms with van der Waals surface area (Å²) in [7, 11) is 3.05. The molecule has 5 N–H and O–H groups in total. The number of pyridine rings is 1. The number of benzene rings is 1. The summed E-state index contributed by atoms with van der Waals surface area (Å²) in [5.41, 5.74) is 0.444. The number of halogens is 3. The van der Waals surface area contributed by atoms with E-state index in [1.807, 2.05) is 6.07 Å². The van der Waals surface area contributed by atoms with Gasteiger partial charge in [0.1, 0.15) is 11.5 Å². The molecule has 1 aromatic carbocycles. The Morgan fingerprint density at radius 3 is 2.48 bits per heavy atom. The van der Waals surface area contributed by atoms with Gasteiger partial charge < -0.3 is 21.4 Å². The molecular formula is C19H19F3N6O. The molecule has 2 aromatic rings. The zero-order valence-electron chi connectivity index (χ0n) is 15.6. The van der Waals surface area contributed by atoms with E-state index in [1.165, 1.54) is 25.4 Å². The van der Waals surface area contributed by atoms with Crippen molar-refractivity contribution in [2.24, 2.45) is 0 Å². The van der Waals surface area contributed by atoms with Crippen molar-refractivity contribution in [3.05, 3.63) is 59.7 Å². The molecule has 0 aliphatic heterocycles. The Bertz CT molecular complexity index is 1010. The van der Waals surface area contributed by atoms with Crippen LogP contribution in [-0.4, -0.2) is 43.1 Å². The highest BCUT2D eigenvalue weighted by Crippen LogP contribution is 2.20. The Labute approximate surface area is 164 Å². The molecule has 0 unspecified atom stereocenters. The maximum absolute atomic E-state index is 12.5. The molecule has 1 aromatic heterocycles. The molecule has 29 heavy (non-hydrogen) atoms. The van der Waals surface area contributed by atoms with Crippen LogP contribution < -0.4 is 16.0 Å². The molecule has 0 radical (unpaired) electrons. The molecule has 0 saturated carbocycles. The number of carbonyl (C=O) groups is 1. The number of allylic oxidation sites excluding steroid dienone is 2. The first-order chi connectivity index (χ1) is 13.7. The van der Waals surface area contributed by atoms with E-state index in [1.54, 1.807) is 25.5 Å². The predicted octanol–water partition coefficient (Wildman–Crippen LogP) is 2.82. The number of nitrogens with one attached hydrogen (secondary N) is 5. The normalized spacial score (nSPS) is 12.4. The summed E-state index contributed by atoms with van der Waals surface area (Å²) in [6.07, 6.45) is 0.0832. The maximum Gasteiger partial charge on any atom is 0.432 e. The summed E-state index contributed by atoms with van der Waals surface area (Å²) in [5.74, 6) is -0.905. The van der Waals surface area contributed by atoms with Crippen molar-refractivity contribution in [3.63, 3.8) is 0 Å². The van der Waals surface area contributed by atoms with Gasteiger partial charge in [0.05, 0.1) is 5.52 Å². The highest BCUT2D eigenvalue weighted by atomic mass is 19.4. The van der Waals surface area contributed by atoms with Crippen LogP contribution in [-0.2, 0) is 0 Å². The number of alkyl halides is 3. The van der Waals surface area contributed by atoms with Gasteiger partial charge in [-0.25, -0.2) is 0 Å². The van der Waals surface area contributed by atoms with Crippen LogP contribution in [0.1, 0.15) is 15.9 Å². The lowest BCUT2D eigenvalue weighted by Crippen LogP contribution is -2.32. The smallest absolute Gasteiger partial charge is 0.393 e. The van der Waals surface area contributed by atoms with Crippen molar-refractivity contribution in [1.82, 2.24) is 20.9 Å². The Morgan fingerprint density at radius 1 is 1.17 bits per heavy atom. The first-order valence-electron chi connectivity index (χ1n) is 8.34. The van der Waals surface area contributed by atoms with Crippen LogP contribution in [0, 0.1) is 10.8 Å². The minimum absolute atomic E-state index is 0.190. The van der Waals surface area contributed by atoms with Gasteiger partial charge in [-0.3, -0.25) is 15.2 Å². The highest BCUT2D eigenvalue weighted by molar-refractivity contribution is 6.09. The predicted molar refractivity (Wildman–Crippen MR) is 106 cm³/mol. The van der Waals surface area contributed by atoms with E-state index in [0.29, 0.717) is 22.7 Å². The third-order valence-corrected chi connectivity index (χ3v) is 3.85. The van der Waals surface area contributed by atoms with Crippen LogP contribution >= 0.6 is 0 Å². The van der Waals surface area contributed by atoms with Gasteiger partial charge in [-0.05, 0) is 18.2 Å². The topological polar surface area (TPSA) is 114 Å². The zero-order valence-corrected chi connectivity index (χ0v) is 15.6. The van der Waals surface area contributed by atoms with E-state index in [4.69, 9.17) is 10.8 Å². The number of carbonyl (C=O) groups excluding carboxylic acids is 1. The van der Waals surface area contributed by atoms with Crippen molar-refractivity contribution >= 4 is 34.3 Å². The lowest BCUT2D eigenvalue weighted by atomic mass is 10.1. The van der Waals surface area contributed by atoms with E-state index in [0.717, 1.165) is 5.39 Å². The third kappa shape index (κ3) is 5.41. The number of rotatable bonds is 7. The number of aromatic nitrogens is 1. The fourth-order valence-corrected chi connectivity index (χ4v) is 2.38. The number of nitrogens with zero attached hydrogens (tertiary/aromatic N) is 1. The molecule has 0 bridgehead atoms. The van der Waals surface area contributed by atoms with Crippen molar-refractivity contribution < 1.29 is 18.0 Å². The standard InChI is InChI=1S/C19H19F3N6O/c1-25-9-14(8-23)13-5-11-3-4-12(6-15(11)27-10-13)18(29)28-17(26-2)7-16(24)19(20,21)22/h3-10,23-26H,1-2H3,(H,28,29)/b14-9+,17-7+,23-8?,24-16?. The number of fused-ring (bicyclic) bond motifs is 1. The summed E-state index contributed by atoms with van der Waals surface area (Å²) < 4.78 is 37.5. The Kier molecular flexibility index (Phi) is 6.71. The summed E-state index contributed by atoms with van der Waals surface area (Å²) in [6, 6.07) is 6.48. The molecule has 0 fully saturated rings. The van der Waals surface area contributed by atoms with Gasteiger partial charge in [-0.1, -0.05) is 6.07 Å². The Hall–Kier alpha value is -3.69. The lowest BCUT2D eigenvalue weighted by molar-refractivity contribution is -0.0584. The summed E-state index contributed by atoms with van der Waals surface area (Å²) in [6.45, 7) is 0. The number of hydrogen-bond acceptors (Lipinski definition) is 6. The third-order valence-electron chi connectivity index (χ3n) is 3.85. The second-order valence-electron chi connectivity index (χ2n) is 5.84. The fourth-order valence-electron chi connectivity index (χ4n) is 2.38. The Balaban J connectivity index is 2.28. The average Bonchev–Trinajstić information content (AvgIpc) is 2.69. The number of hydrogen-bond donors (Lipinski definition) is 5. The zero-order chi connectivity index (χ0) is 21.6. The molecule has 0 spiro atoms. The van der Waals surface area contributed by atoms with E-state index in [9.17, 15) is 18.0 Å². The second kappa shape index (κ2) is 9.00. The molecule has 1 amide bonds. The molecule has 0 aliphatic rings. The van der Waals surface area contributed by atoms with Crippen molar-refractivity contribution in [2.45, 2.75) is 6.18 Å². The molecule has 0 aliphatic carbocycles. The quantitative estimate of drug-likeness (QED) is 0.457. The van der Waals surface area contributed by atoms with E-state index in [2.05, 4.69) is 20.9 Å². The van der Waals surface area contributed by atoms with Crippen LogP contribution in [0.3, 0.4) is 0 Å². The highest BCUT2D eigenvalue weighted by Gasteiger charge is 2.33. The van der Waals surface area contributed by atoms with Crippen molar-refractivity contribution in [2.75, 3.05) is 14.1 Å². The van der Waals surface area contributed by atoms with Crippen LogP contribution in [0.4, 0.5) is 13.2 Å². The maximum atomic E-state index is 12.5. The minimum Gasteiger partial charge on any atom is -0.393 e. The van der Waals surface area contributed by atoms with Crippen molar-refractivity contribution in [1.29, 1.82) is 10.8 Å². The number of amides is 1. The molecule has 0 saturated heterocycles. The fraction of sp³-hybridized carbons (Fsp3) is 0.158. The molecule has 152 valence electrons. The molecule has 1 heterocycles. The van der Waals surface area contributed by atoms with Gasteiger partial charge >= 0.3 is 6.18 Å². The largest absolute Gasteiger partial charge is 0.432 e. The molecule has 10 heteroatoms.